The summed E-state index contributed by atoms with van der Waals surface area (Å²) in [7, 11) is -7.88. The van der Waals surface area contributed by atoms with E-state index >= 15 is 0 Å². The van der Waals surface area contributed by atoms with Crippen LogP contribution in [0.4, 0.5) is 5.69 Å². The number of anilines is 1. The fourth-order valence-corrected chi connectivity index (χ4v) is 4.30. The number of nitrogens with two attached hydrogens (primary N) is 1. The van der Waals surface area contributed by atoms with Gasteiger partial charge in [0.05, 0.1) is 27.5 Å². The lowest BCUT2D eigenvalue weighted by atomic mass is 10.3. The highest BCUT2D eigenvalue weighted by Crippen LogP contribution is 2.27. The van der Waals surface area contributed by atoms with E-state index in [0.717, 1.165) is 0 Å². The van der Waals surface area contributed by atoms with Crippen LogP contribution >= 0.6 is 11.6 Å². The lowest BCUT2D eigenvalue weighted by Gasteiger charge is -2.15. The Hall–Kier alpha value is -2.18. The van der Waals surface area contributed by atoms with E-state index in [4.69, 9.17) is 21.5 Å². The summed E-state index contributed by atoms with van der Waals surface area (Å²) >= 11 is 6.02. The van der Waals surface area contributed by atoms with Gasteiger partial charge in [-0.1, -0.05) is 11.6 Å². The van der Waals surface area contributed by atoms with Crippen molar-refractivity contribution >= 4 is 43.2 Å². The maximum absolute atomic E-state index is 12.5. The first-order valence-corrected chi connectivity index (χ1v) is 11.7. The van der Waals surface area contributed by atoms with Crippen LogP contribution in [0.3, 0.4) is 0 Å². The summed E-state index contributed by atoms with van der Waals surface area (Å²) in [6, 6.07) is 7.97. The Balaban J connectivity index is 2.09. The third kappa shape index (κ3) is 6.15. The molecule has 4 N–H and O–H groups in total. The third-order valence-electron chi connectivity index (χ3n) is 3.69. The van der Waals surface area contributed by atoms with Crippen LogP contribution in [-0.4, -0.2) is 35.4 Å². The second-order valence-corrected chi connectivity index (χ2v) is 9.61. The molecule has 0 fully saturated rings. The number of sulfonamides is 2. The Morgan fingerprint density at radius 3 is 2.21 bits per heavy atom. The highest BCUT2D eigenvalue weighted by molar-refractivity contribution is 7.89. The van der Waals surface area contributed by atoms with Crippen molar-refractivity contribution < 1.29 is 26.4 Å². The number of carbonyl (C=O) groups excluding carboxylic acids is 1. The van der Waals surface area contributed by atoms with Crippen molar-refractivity contribution in [2.75, 3.05) is 11.9 Å². The smallest absolute Gasteiger partial charge is 0.242 e. The van der Waals surface area contributed by atoms with E-state index in [2.05, 4.69) is 10.0 Å². The Morgan fingerprint density at radius 1 is 1.10 bits per heavy atom. The molecular weight excluding hydrogens is 442 g/mol. The number of carbonyl (C=O) groups is 1. The number of hydrogen-bond donors (Lipinski definition) is 3. The summed E-state index contributed by atoms with van der Waals surface area (Å²) in [5.74, 6) is -0.296. The predicted octanol–water partition coefficient (Wildman–Crippen LogP) is 1.69. The first-order chi connectivity index (χ1) is 13.4. The Morgan fingerprint density at radius 2 is 1.69 bits per heavy atom. The van der Waals surface area contributed by atoms with E-state index in [1.165, 1.54) is 49.4 Å². The maximum atomic E-state index is 12.5. The zero-order valence-electron chi connectivity index (χ0n) is 15.5. The number of rotatable bonds is 8. The standard InChI is InChI=1S/C17H20ClN3O6S2/c1-3-27-16-9-8-14(10-15(16)18)29(25,26)21-11(2)17(22)20-12-4-6-13(7-5-12)28(19,23)24/h4-11,21H,3H2,1-2H3,(H,20,22)(H2,19,23,24)/t11-/m1/s1. The fourth-order valence-electron chi connectivity index (χ4n) is 2.25. The third-order valence-corrected chi connectivity index (χ3v) is 6.45. The predicted molar refractivity (Wildman–Crippen MR) is 109 cm³/mol. The minimum Gasteiger partial charge on any atom is -0.492 e. The minimum absolute atomic E-state index is 0.114. The van der Waals surface area contributed by atoms with Gasteiger partial charge in [0.2, 0.25) is 26.0 Å². The van der Waals surface area contributed by atoms with Crippen molar-refractivity contribution in [3.8, 4) is 5.75 Å². The quantitative estimate of drug-likeness (QED) is 0.545. The van der Waals surface area contributed by atoms with Gasteiger partial charge in [-0.2, -0.15) is 4.72 Å². The van der Waals surface area contributed by atoms with Crippen molar-refractivity contribution in [2.45, 2.75) is 29.7 Å². The topological polar surface area (TPSA) is 145 Å². The second-order valence-electron chi connectivity index (χ2n) is 5.93. The Kier molecular flexibility index (Phi) is 7.25. The van der Waals surface area contributed by atoms with E-state index in [9.17, 15) is 21.6 Å². The van der Waals surface area contributed by atoms with Crippen molar-refractivity contribution in [1.29, 1.82) is 0 Å². The van der Waals surface area contributed by atoms with Gasteiger partial charge in [-0.15, -0.1) is 0 Å². The summed E-state index contributed by atoms with van der Waals surface area (Å²) in [5.41, 5.74) is 0.276. The molecule has 0 aliphatic heterocycles. The van der Waals surface area contributed by atoms with Gasteiger partial charge in [0, 0.05) is 5.69 Å². The van der Waals surface area contributed by atoms with Crippen LogP contribution in [0.1, 0.15) is 13.8 Å². The van der Waals surface area contributed by atoms with Crippen LogP contribution in [0.25, 0.3) is 0 Å². The van der Waals surface area contributed by atoms with Crippen molar-refractivity contribution in [2.24, 2.45) is 5.14 Å². The summed E-state index contributed by atoms with van der Waals surface area (Å²) in [6.45, 7) is 3.51. The molecular formula is C17H20ClN3O6S2. The van der Waals surface area contributed by atoms with E-state index in [1.54, 1.807) is 6.92 Å². The molecule has 2 rings (SSSR count). The number of nitrogens with one attached hydrogen (secondary N) is 2. The molecule has 2 aromatic rings. The monoisotopic (exact) mass is 461 g/mol. The molecule has 29 heavy (non-hydrogen) atoms. The average Bonchev–Trinajstić information content (AvgIpc) is 2.62. The number of halogens is 1. The van der Waals surface area contributed by atoms with Crippen molar-refractivity contribution in [3.05, 3.63) is 47.5 Å². The molecule has 0 radical (unpaired) electrons. The second kappa shape index (κ2) is 9.09. The number of amides is 1. The molecule has 0 heterocycles. The molecule has 2 aromatic carbocycles. The van der Waals surface area contributed by atoms with Gasteiger partial charge < -0.3 is 10.1 Å². The van der Waals surface area contributed by atoms with Crippen LogP contribution in [0.2, 0.25) is 5.02 Å². The van der Waals surface area contributed by atoms with E-state index in [0.29, 0.717) is 12.4 Å². The molecule has 0 aliphatic rings. The van der Waals surface area contributed by atoms with Crippen LogP contribution in [0, 0.1) is 0 Å². The summed E-state index contributed by atoms with van der Waals surface area (Å²) in [5, 5.41) is 7.62. The molecule has 0 spiro atoms. The van der Waals surface area contributed by atoms with Gasteiger partial charge in [0.1, 0.15) is 5.75 Å². The molecule has 0 aromatic heterocycles. The first-order valence-electron chi connectivity index (χ1n) is 8.32. The molecule has 12 heteroatoms. The van der Waals surface area contributed by atoms with E-state index in [-0.39, 0.29) is 20.5 Å². The molecule has 1 atom stereocenters. The van der Waals surface area contributed by atoms with Crippen LogP contribution in [0.5, 0.6) is 5.75 Å². The molecule has 9 nitrogen and oxygen atoms in total. The minimum atomic E-state index is -4.02. The Labute approximate surface area is 174 Å². The number of primary sulfonamides is 1. The van der Waals surface area contributed by atoms with Crippen LogP contribution < -0.4 is 19.9 Å². The highest BCUT2D eigenvalue weighted by Gasteiger charge is 2.23. The van der Waals surface area contributed by atoms with Crippen molar-refractivity contribution in [3.63, 3.8) is 0 Å². The van der Waals surface area contributed by atoms with Gasteiger partial charge in [-0.05, 0) is 56.3 Å². The van der Waals surface area contributed by atoms with Gasteiger partial charge in [0.25, 0.3) is 0 Å². The zero-order chi connectivity index (χ0) is 21.8. The lowest BCUT2D eigenvalue weighted by Crippen LogP contribution is -2.41. The molecule has 0 saturated carbocycles. The molecule has 158 valence electrons. The van der Waals surface area contributed by atoms with Crippen LogP contribution in [-0.2, 0) is 24.8 Å². The van der Waals surface area contributed by atoms with Crippen molar-refractivity contribution in [1.82, 2.24) is 4.72 Å². The largest absolute Gasteiger partial charge is 0.492 e. The summed E-state index contributed by atoms with van der Waals surface area (Å²) < 4.78 is 55.0. The lowest BCUT2D eigenvalue weighted by molar-refractivity contribution is -0.117. The van der Waals surface area contributed by atoms with Gasteiger partial charge in [-0.3, -0.25) is 4.79 Å². The molecule has 0 unspecified atom stereocenters. The highest BCUT2D eigenvalue weighted by atomic mass is 35.5. The SMILES string of the molecule is CCOc1ccc(S(=O)(=O)N[C@H](C)C(=O)Nc2ccc(S(N)(=O)=O)cc2)cc1Cl. The maximum Gasteiger partial charge on any atom is 0.242 e. The van der Waals surface area contributed by atoms with Gasteiger partial charge in [-0.25, -0.2) is 22.0 Å². The average molecular weight is 462 g/mol. The van der Waals surface area contributed by atoms with E-state index in [1.807, 2.05) is 0 Å². The normalized spacial score (nSPS) is 13.0. The fraction of sp³-hybridized carbons (Fsp3) is 0.235. The molecule has 0 aliphatic carbocycles. The van der Waals surface area contributed by atoms with Gasteiger partial charge >= 0.3 is 0 Å². The van der Waals surface area contributed by atoms with Crippen LogP contribution in [0.15, 0.2) is 52.3 Å². The summed E-state index contributed by atoms with van der Waals surface area (Å²) in [6.07, 6.45) is 0. The molecule has 1 amide bonds. The molecule has 0 bridgehead atoms. The number of benzene rings is 2. The van der Waals surface area contributed by atoms with Gasteiger partial charge in [0.15, 0.2) is 0 Å². The summed E-state index contributed by atoms with van der Waals surface area (Å²) in [4.78, 5) is 12.0. The zero-order valence-corrected chi connectivity index (χ0v) is 17.9. The first kappa shape index (κ1) is 23.1. The van der Waals surface area contributed by atoms with E-state index < -0.39 is 32.0 Å². The number of hydrogen-bond acceptors (Lipinski definition) is 6. The Bertz CT molecular complexity index is 1100. The number of ether oxygens (including phenoxy) is 1. The molecule has 0 saturated heterocycles.